The molecule has 1 saturated carbocycles. The van der Waals surface area contributed by atoms with Gasteiger partial charge in [-0.15, -0.1) is 0 Å². The summed E-state index contributed by atoms with van der Waals surface area (Å²) in [6, 6.07) is 0. The molecule has 17 heavy (non-hydrogen) atoms. The van der Waals surface area contributed by atoms with Crippen molar-refractivity contribution < 1.29 is 23.1 Å². The summed E-state index contributed by atoms with van der Waals surface area (Å²) in [4.78, 5) is 12.8. The first-order valence-corrected chi connectivity index (χ1v) is 5.75. The number of aliphatic hydroxyl groups excluding tert-OH is 1. The Bertz CT molecular complexity index is 272. The molecule has 6 heteroatoms. The van der Waals surface area contributed by atoms with Crippen LogP contribution in [-0.2, 0) is 4.79 Å². The van der Waals surface area contributed by atoms with Gasteiger partial charge in [-0.25, -0.2) is 0 Å². The number of hydrogen-bond acceptors (Lipinski definition) is 2. The molecule has 3 nitrogen and oxygen atoms in total. The van der Waals surface area contributed by atoms with E-state index in [1.165, 1.54) is 0 Å². The van der Waals surface area contributed by atoms with Crippen LogP contribution >= 0.6 is 0 Å². The largest absolute Gasteiger partial charge is 0.406 e. The van der Waals surface area contributed by atoms with Crippen LogP contribution < -0.4 is 0 Å². The van der Waals surface area contributed by atoms with Crippen LogP contribution in [-0.4, -0.2) is 41.8 Å². The fourth-order valence-electron chi connectivity index (χ4n) is 2.34. The summed E-state index contributed by atoms with van der Waals surface area (Å²) in [6.45, 7) is -0.267. The molecule has 1 amide bonds. The maximum atomic E-state index is 12.3. The molecule has 0 aliphatic heterocycles. The summed E-state index contributed by atoms with van der Waals surface area (Å²) < 4.78 is 37.0. The molecule has 1 N–H and O–H groups in total. The van der Waals surface area contributed by atoms with Gasteiger partial charge in [-0.1, -0.05) is 19.8 Å². The average molecular weight is 253 g/mol. The van der Waals surface area contributed by atoms with E-state index in [4.69, 9.17) is 5.11 Å². The summed E-state index contributed by atoms with van der Waals surface area (Å²) in [5.41, 5.74) is -0.680. The van der Waals surface area contributed by atoms with Crippen LogP contribution in [0.3, 0.4) is 0 Å². The van der Waals surface area contributed by atoms with E-state index in [-0.39, 0.29) is 6.54 Å². The highest BCUT2D eigenvalue weighted by Gasteiger charge is 2.42. The zero-order chi connectivity index (χ0) is 13.1. The van der Waals surface area contributed by atoms with Crippen molar-refractivity contribution in [3.63, 3.8) is 0 Å². The molecule has 0 aromatic heterocycles. The summed E-state index contributed by atoms with van der Waals surface area (Å²) in [6.07, 6.45) is -1.40. The van der Waals surface area contributed by atoms with E-state index < -0.39 is 30.7 Å². The molecule has 100 valence electrons. The van der Waals surface area contributed by atoms with Gasteiger partial charge in [0.1, 0.15) is 6.54 Å². The fourth-order valence-corrected chi connectivity index (χ4v) is 2.34. The van der Waals surface area contributed by atoms with E-state index >= 15 is 0 Å². The second-order valence-electron chi connectivity index (χ2n) is 4.83. The fraction of sp³-hybridized carbons (Fsp3) is 0.909. The van der Waals surface area contributed by atoms with Crippen LogP contribution in [0, 0.1) is 5.41 Å². The van der Waals surface area contributed by atoms with Gasteiger partial charge in [0.05, 0.1) is 6.61 Å². The first-order chi connectivity index (χ1) is 7.78. The highest BCUT2D eigenvalue weighted by molar-refractivity contribution is 5.82. The lowest BCUT2D eigenvalue weighted by molar-refractivity contribution is -0.168. The Hall–Kier alpha value is -0.780. The minimum Gasteiger partial charge on any atom is -0.395 e. The molecule has 0 aromatic carbocycles. The quantitative estimate of drug-likeness (QED) is 0.832. The number of carbonyl (C=O) groups excluding carboxylic acids is 1. The Labute approximate surface area is 98.6 Å². The predicted molar refractivity (Wildman–Crippen MR) is 56.3 cm³/mol. The lowest BCUT2D eigenvalue weighted by Crippen LogP contribution is -2.46. The van der Waals surface area contributed by atoms with E-state index in [0.717, 1.165) is 17.7 Å². The molecule has 0 radical (unpaired) electrons. The van der Waals surface area contributed by atoms with Crippen molar-refractivity contribution in [1.29, 1.82) is 0 Å². The Kier molecular flexibility index (Phi) is 4.41. The number of aliphatic hydroxyl groups is 1. The van der Waals surface area contributed by atoms with Gasteiger partial charge < -0.3 is 10.0 Å². The third-order valence-corrected chi connectivity index (χ3v) is 3.25. The number of rotatable bonds is 4. The molecule has 0 atom stereocenters. The number of halogens is 3. The van der Waals surface area contributed by atoms with Crippen molar-refractivity contribution in [2.45, 2.75) is 38.8 Å². The topological polar surface area (TPSA) is 40.5 Å². The van der Waals surface area contributed by atoms with Gasteiger partial charge in [0.25, 0.3) is 0 Å². The van der Waals surface area contributed by atoms with Crippen molar-refractivity contribution in [3.05, 3.63) is 0 Å². The van der Waals surface area contributed by atoms with Gasteiger partial charge in [-0.05, 0) is 12.8 Å². The molecule has 1 aliphatic rings. The van der Waals surface area contributed by atoms with Crippen LogP contribution in [0.2, 0.25) is 0 Å². The first-order valence-electron chi connectivity index (χ1n) is 5.75. The monoisotopic (exact) mass is 253 g/mol. The summed E-state index contributed by atoms with van der Waals surface area (Å²) in [5.74, 6) is -0.485. The molecule has 0 bridgehead atoms. The van der Waals surface area contributed by atoms with Crippen molar-refractivity contribution in [3.8, 4) is 0 Å². The van der Waals surface area contributed by atoms with Crippen LogP contribution in [0.5, 0.6) is 0 Å². The number of nitrogens with zero attached hydrogens (tertiary/aromatic N) is 1. The molecule has 1 rings (SSSR count). The Balaban J connectivity index is 2.72. The second-order valence-corrected chi connectivity index (χ2v) is 4.83. The van der Waals surface area contributed by atoms with Gasteiger partial charge >= 0.3 is 6.18 Å². The highest BCUT2D eigenvalue weighted by atomic mass is 19.4. The molecule has 1 aliphatic carbocycles. The normalized spacial score (nSPS) is 19.4. The SMILES string of the molecule is CC1(C(=O)N(CCO)CC(F)(F)F)CCCC1. The van der Waals surface area contributed by atoms with Crippen LogP contribution in [0.4, 0.5) is 13.2 Å². The van der Waals surface area contributed by atoms with Gasteiger partial charge in [0.2, 0.25) is 5.91 Å². The van der Waals surface area contributed by atoms with Gasteiger partial charge in [0, 0.05) is 12.0 Å². The Morgan fingerprint density at radius 3 is 2.29 bits per heavy atom. The third-order valence-electron chi connectivity index (χ3n) is 3.25. The third kappa shape index (κ3) is 3.87. The zero-order valence-electron chi connectivity index (χ0n) is 9.89. The molecule has 0 unspecified atom stereocenters. The van der Waals surface area contributed by atoms with Gasteiger partial charge in [-0.2, -0.15) is 13.2 Å². The first kappa shape index (κ1) is 14.3. The van der Waals surface area contributed by atoms with E-state index in [1.807, 2.05) is 0 Å². The van der Waals surface area contributed by atoms with E-state index in [0.29, 0.717) is 12.8 Å². The molecule has 1 fully saturated rings. The van der Waals surface area contributed by atoms with Crippen LogP contribution in [0.25, 0.3) is 0 Å². The Morgan fingerprint density at radius 1 is 1.35 bits per heavy atom. The molecular formula is C11H18F3NO2. The predicted octanol–water partition coefficient (Wildman–Crippen LogP) is 1.95. The van der Waals surface area contributed by atoms with Crippen molar-refractivity contribution in [2.24, 2.45) is 5.41 Å². The lowest BCUT2D eigenvalue weighted by atomic mass is 9.87. The Morgan fingerprint density at radius 2 is 1.88 bits per heavy atom. The van der Waals surface area contributed by atoms with Crippen LogP contribution in [0.1, 0.15) is 32.6 Å². The van der Waals surface area contributed by atoms with Crippen molar-refractivity contribution in [1.82, 2.24) is 4.90 Å². The van der Waals surface area contributed by atoms with Crippen molar-refractivity contribution >= 4 is 5.91 Å². The zero-order valence-corrected chi connectivity index (χ0v) is 9.89. The maximum Gasteiger partial charge on any atom is 0.406 e. The molecule has 0 aromatic rings. The maximum absolute atomic E-state index is 12.3. The minimum absolute atomic E-state index is 0.256. The lowest BCUT2D eigenvalue weighted by Gasteiger charge is -2.31. The van der Waals surface area contributed by atoms with E-state index in [2.05, 4.69) is 0 Å². The summed E-state index contributed by atoms with van der Waals surface area (Å²) in [5, 5.41) is 8.75. The second kappa shape index (κ2) is 5.25. The number of amides is 1. The minimum atomic E-state index is -4.42. The number of hydrogen-bond donors (Lipinski definition) is 1. The number of alkyl halides is 3. The molecular weight excluding hydrogens is 235 g/mol. The average Bonchev–Trinajstić information content (AvgIpc) is 2.63. The van der Waals surface area contributed by atoms with Gasteiger partial charge in [-0.3, -0.25) is 4.79 Å². The molecule has 0 saturated heterocycles. The molecule has 0 spiro atoms. The van der Waals surface area contributed by atoms with Crippen molar-refractivity contribution in [2.75, 3.05) is 19.7 Å². The number of carbonyl (C=O) groups is 1. The molecule has 0 heterocycles. The van der Waals surface area contributed by atoms with Gasteiger partial charge in [0.15, 0.2) is 0 Å². The smallest absolute Gasteiger partial charge is 0.395 e. The van der Waals surface area contributed by atoms with E-state index in [1.54, 1.807) is 6.92 Å². The standard InChI is InChI=1S/C11H18F3NO2/c1-10(4-2-3-5-10)9(17)15(6-7-16)8-11(12,13)14/h16H,2-8H2,1H3. The van der Waals surface area contributed by atoms with Crippen LogP contribution in [0.15, 0.2) is 0 Å². The summed E-state index contributed by atoms with van der Waals surface area (Å²) >= 11 is 0. The summed E-state index contributed by atoms with van der Waals surface area (Å²) in [7, 11) is 0. The highest BCUT2D eigenvalue weighted by Crippen LogP contribution is 2.39. The van der Waals surface area contributed by atoms with E-state index in [9.17, 15) is 18.0 Å².